The summed E-state index contributed by atoms with van der Waals surface area (Å²) in [5.41, 5.74) is 5.83. The van der Waals surface area contributed by atoms with Crippen molar-refractivity contribution in [2.24, 2.45) is 5.73 Å². The minimum absolute atomic E-state index is 0.140. The minimum Gasteiger partial charge on any atom is -0.489 e. The van der Waals surface area contributed by atoms with Crippen molar-refractivity contribution in [1.29, 1.82) is 0 Å². The van der Waals surface area contributed by atoms with Crippen LogP contribution in [0.15, 0.2) is 36.4 Å². The number of rotatable bonds is 3. The van der Waals surface area contributed by atoms with E-state index in [2.05, 4.69) is 11.8 Å². The molecule has 0 saturated carbocycles. The van der Waals surface area contributed by atoms with Crippen molar-refractivity contribution < 1.29 is 17.9 Å². The summed E-state index contributed by atoms with van der Waals surface area (Å²) in [6.45, 7) is 0.0207. The van der Waals surface area contributed by atoms with Gasteiger partial charge < -0.3 is 10.5 Å². The van der Waals surface area contributed by atoms with Crippen molar-refractivity contribution in [3.05, 3.63) is 65.0 Å². The van der Waals surface area contributed by atoms with Crippen molar-refractivity contribution >= 4 is 0 Å². The number of hydrogen-bond donors (Lipinski definition) is 1. The number of ether oxygens (including phenoxy) is 1. The molecule has 108 valence electrons. The van der Waals surface area contributed by atoms with Crippen LogP contribution in [-0.4, -0.2) is 6.54 Å². The Bertz CT molecular complexity index is 704. The Balaban J connectivity index is 2.14. The first kappa shape index (κ1) is 14.9. The molecular weight excluding hydrogens is 279 g/mol. The van der Waals surface area contributed by atoms with Crippen molar-refractivity contribution in [3.63, 3.8) is 0 Å². The van der Waals surface area contributed by atoms with Crippen LogP contribution in [0.1, 0.15) is 11.1 Å². The van der Waals surface area contributed by atoms with Gasteiger partial charge >= 0.3 is 0 Å². The largest absolute Gasteiger partial charge is 0.489 e. The minimum atomic E-state index is -0.713. The van der Waals surface area contributed by atoms with E-state index in [-0.39, 0.29) is 24.5 Å². The predicted molar refractivity (Wildman–Crippen MR) is 73.0 cm³/mol. The molecule has 0 spiro atoms. The van der Waals surface area contributed by atoms with E-state index in [0.717, 1.165) is 18.2 Å². The first-order chi connectivity index (χ1) is 10.1. The summed E-state index contributed by atoms with van der Waals surface area (Å²) in [7, 11) is 0. The summed E-state index contributed by atoms with van der Waals surface area (Å²) in [6.07, 6.45) is 0. The van der Waals surface area contributed by atoms with Crippen LogP contribution in [0.2, 0.25) is 0 Å². The average Bonchev–Trinajstić information content (AvgIpc) is 2.43. The molecule has 0 fully saturated rings. The molecular formula is C16H12F3NO. The van der Waals surface area contributed by atoms with Gasteiger partial charge in [-0.2, -0.15) is 0 Å². The SMILES string of the molecule is NCC#Cc1cc(F)cc(OCc2ccc(F)cc2F)c1. The highest BCUT2D eigenvalue weighted by molar-refractivity contribution is 5.40. The predicted octanol–water partition coefficient (Wildman–Crippen LogP) is 2.99. The van der Waals surface area contributed by atoms with Gasteiger partial charge in [-0.3, -0.25) is 0 Å². The Morgan fingerprint density at radius 3 is 2.52 bits per heavy atom. The van der Waals surface area contributed by atoms with E-state index in [1.165, 1.54) is 18.2 Å². The number of hydrogen-bond acceptors (Lipinski definition) is 2. The topological polar surface area (TPSA) is 35.2 Å². The Morgan fingerprint density at radius 2 is 1.81 bits per heavy atom. The molecule has 2 aromatic carbocycles. The first-order valence-corrected chi connectivity index (χ1v) is 6.15. The zero-order chi connectivity index (χ0) is 15.2. The third-order valence-electron chi connectivity index (χ3n) is 2.62. The maximum Gasteiger partial charge on any atom is 0.132 e. The molecule has 2 N–H and O–H groups in total. The van der Waals surface area contributed by atoms with Gasteiger partial charge in [-0.25, -0.2) is 13.2 Å². The smallest absolute Gasteiger partial charge is 0.132 e. The lowest BCUT2D eigenvalue weighted by atomic mass is 10.2. The zero-order valence-electron chi connectivity index (χ0n) is 11.0. The summed E-state index contributed by atoms with van der Waals surface area (Å²) in [5.74, 6) is 3.60. The lowest BCUT2D eigenvalue weighted by Gasteiger charge is -2.08. The van der Waals surface area contributed by atoms with Crippen LogP contribution in [0, 0.1) is 29.3 Å². The fourth-order valence-corrected chi connectivity index (χ4v) is 1.67. The average molecular weight is 291 g/mol. The standard InChI is InChI=1S/C16H12F3NO/c17-13-4-3-12(16(19)9-13)10-21-15-7-11(2-1-5-20)6-14(18)8-15/h3-4,6-9H,5,10,20H2. The fraction of sp³-hybridized carbons (Fsp3) is 0.125. The molecule has 2 rings (SSSR count). The Labute approximate surface area is 120 Å². The van der Waals surface area contributed by atoms with Gasteiger partial charge in [0.15, 0.2) is 0 Å². The molecule has 0 amide bonds. The normalized spacial score (nSPS) is 9.90. The van der Waals surface area contributed by atoms with Crippen LogP contribution < -0.4 is 10.5 Å². The molecule has 0 atom stereocenters. The summed E-state index contributed by atoms with van der Waals surface area (Å²) in [5, 5.41) is 0. The van der Waals surface area contributed by atoms with E-state index < -0.39 is 17.5 Å². The maximum atomic E-state index is 13.4. The number of benzene rings is 2. The highest BCUT2D eigenvalue weighted by Gasteiger charge is 2.06. The second-order valence-electron chi connectivity index (χ2n) is 4.21. The van der Waals surface area contributed by atoms with Crippen LogP contribution >= 0.6 is 0 Å². The van der Waals surface area contributed by atoms with E-state index in [9.17, 15) is 13.2 Å². The van der Waals surface area contributed by atoms with Crippen molar-refractivity contribution in [3.8, 4) is 17.6 Å². The molecule has 0 aliphatic rings. The lowest BCUT2D eigenvalue weighted by molar-refractivity contribution is 0.298. The van der Waals surface area contributed by atoms with Crippen LogP contribution in [0.3, 0.4) is 0 Å². The van der Waals surface area contributed by atoms with Gasteiger partial charge in [0.1, 0.15) is 29.8 Å². The van der Waals surface area contributed by atoms with E-state index in [4.69, 9.17) is 10.5 Å². The summed E-state index contributed by atoms with van der Waals surface area (Å²) < 4.78 is 45.0. The van der Waals surface area contributed by atoms with Crippen LogP contribution in [-0.2, 0) is 6.61 Å². The van der Waals surface area contributed by atoms with Crippen LogP contribution in [0.4, 0.5) is 13.2 Å². The van der Waals surface area contributed by atoms with E-state index in [1.54, 1.807) is 0 Å². The number of halogens is 3. The molecule has 0 saturated heterocycles. The second kappa shape index (κ2) is 6.82. The highest BCUT2D eigenvalue weighted by atomic mass is 19.1. The van der Waals surface area contributed by atoms with E-state index in [1.807, 2.05) is 0 Å². The monoisotopic (exact) mass is 291 g/mol. The third-order valence-corrected chi connectivity index (χ3v) is 2.62. The molecule has 5 heteroatoms. The molecule has 0 heterocycles. The molecule has 0 radical (unpaired) electrons. The van der Waals surface area contributed by atoms with Crippen LogP contribution in [0.5, 0.6) is 5.75 Å². The molecule has 21 heavy (non-hydrogen) atoms. The van der Waals surface area contributed by atoms with Gasteiger partial charge in [0.2, 0.25) is 0 Å². The summed E-state index contributed by atoms with van der Waals surface area (Å²) in [4.78, 5) is 0. The maximum absolute atomic E-state index is 13.4. The Morgan fingerprint density at radius 1 is 1.00 bits per heavy atom. The first-order valence-electron chi connectivity index (χ1n) is 6.15. The van der Waals surface area contributed by atoms with Crippen molar-refractivity contribution in [2.45, 2.75) is 6.61 Å². The van der Waals surface area contributed by atoms with Crippen LogP contribution in [0.25, 0.3) is 0 Å². The molecule has 2 aromatic rings. The van der Waals surface area contributed by atoms with Gasteiger partial charge in [-0.1, -0.05) is 11.8 Å². The van der Waals surface area contributed by atoms with Gasteiger partial charge in [-0.15, -0.1) is 0 Å². The van der Waals surface area contributed by atoms with E-state index >= 15 is 0 Å². The Kier molecular flexibility index (Phi) is 4.85. The molecule has 2 nitrogen and oxygen atoms in total. The lowest BCUT2D eigenvalue weighted by Crippen LogP contribution is -2.00. The molecule has 0 unspecified atom stereocenters. The van der Waals surface area contributed by atoms with Crippen molar-refractivity contribution in [1.82, 2.24) is 0 Å². The molecule has 0 aliphatic carbocycles. The summed E-state index contributed by atoms with van der Waals surface area (Å²) in [6, 6.07) is 7.10. The summed E-state index contributed by atoms with van der Waals surface area (Å²) >= 11 is 0. The Hall–Kier alpha value is -2.45. The number of nitrogens with two attached hydrogens (primary N) is 1. The van der Waals surface area contributed by atoms with Crippen molar-refractivity contribution in [2.75, 3.05) is 6.54 Å². The molecule has 0 aliphatic heterocycles. The quantitative estimate of drug-likeness (QED) is 0.882. The highest BCUT2D eigenvalue weighted by Crippen LogP contribution is 2.18. The molecule has 0 bridgehead atoms. The third kappa shape index (κ3) is 4.26. The van der Waals surface area contributed by atoms with E-state index in [0.29, 0.717) is 5.56 Å². The second-order valence-corrected chi connectivity index (χ2v) is 4.21. The van der Waals surface area contributed by atoms with Gasteiger partial charge in [-0.05, 0) is 24.3 Å². The van der Waals surface area contributed by atoms with Gasteiger partial charge in [0.05, 0.1) is 6.54 Å². The van der Waals surface area contributed by atoms with Gasteiger partial charge in [0, 0.05) is 23.3 Å². The zero-order valence-corrected chi connectivity index (χ0v) is 11.0. The molecule has 0 aromatic heterocycles. The van der Waals surface area contributed by atoms with Gasteiger partial charge in [0.25, 0.3) is 0 Å². The fourth-order valence-electron chi connectivity index (χ4n) is 1.67.